The van der Waals surface area contributed by atoms with Gasteiger partial charge in [0.05, 0.1) is 11.6 Å². The molecule has 1 saturated carbocycles. The molecule has 19 heavy (non-hydrogen) atoms. The third-order valence-corrected chi connectivity index (χ3v) is 4.06. The van der Waals surface area contributed by atoms with Crippen molar-refractivity contribution >= 4 is 5.97 Å². The summed E-state index contributed by atoms with van der Waals surface area (Å²) >= 11 is 0. The minimum atomic E-state index is -0.635. The second-order valence-corrected chi connectivity index (χ2v) is 5.53. The number of carboxylic acid groups (broad SMARTS) is 1. The van der Waals surface area contributed by atoms with E-state index in [1.807, 2.05) is 24.9 Å². The van der Waals surface area contributed by atoms with Crippen LogP contribution in [0, 0.1) is 18.8 Å². The summed E-state index contributed by atoms with van der Waals surface area (Å²) in [6.07, 6.45) is 6.07. The highest BCUT2D eigenvalue weighted by Gasteiger charge is 2.30. The first-order valence-electron chi connectivity index (χ1n) is 7.00. The van der Waals surface area contributed by atoms with E-state index in [0.29, 0.717) is 0 Å². The van der Waals surface area contributed by atoms with Gasteiger partial charge in [0.25, 0.3) is 0 Å². The lowest BCUT2D eigenvalue weighted by Gasteiger charge is -2.28. The first-order valence-corrected chi connectivity index (χ1v) is 7.00. The minimum absolute atomic E-state index is 0.170. The summed E-state index contributed by atoms with van der Waals surface area (Å²) in [6.45, 7) is 3.55. The second kappa shape index (κ2) is 6.19. The van der Waals surface area contributed by atoms with Gasteiger partial charge in [-0.15, -0.1) is 0 Å². The number of aromatic nitrogens is 2. The van der Waals surface area contributed by atoms with E-state index in [1.165, 1.54) is 5.56 Å². The lowest BCUT2D eigenvalue weighted by Crippen LogP contribution is -2.34. The molecule has 1 aliphatic carbocycles. The molecule has 0 radical (unpaired) electrons. The van der Waals surface area contributed by atoms with E-state index in [9.17, 15) is 9.90 Å². The fraction of sp³-hybridized carbons (Fsp3) is 0.714. The van der Waals surface area contributed by atoms with Gasteiger partial charge in [0.15, 0.2) is 0 Å². The van der Waals surface area contributed by atoms with E-state index in [-0.39, 0.29) is 11.8 Å². The molecular formula is C14H23N3O2. The summed E-state index contributed by atoms with van der Waals surface area (Å²) in [5.41, 5.74) is 2.22. The zero-order chi connectivity index (χ0) is 13.8. The molecule has 1 fully saturated rings. The molecule has 106 valence electrons. The van der Waals surface area contributed by atoms with Gasteiger partial charge in [0, 0.05) is 25.4 Å². The van der Waals surface area contributed by atoms with Gasteiger partial charge in [-0.2, -0.15) is 5.10 Å². The summed E-state index contributed by atoms with van der Waals surface area (Å²) < 4.78 is 1.81. The SMILES string of the molecule is Cc1nn(C)cc1CNCC1CCCCC1C(=O)O. The van der Waals surface area contributed by atoms with Crippen molar-refractivity contribution in [2.45, 2.75) is 39.2 Å². The van der Waals surface area contributed by atoms with E-state index in [1.54, 1.807) is 0 Å². The highest BCUT2D eigenvalue weighted by atomic mass is 16.4. The van der Waals surface area contributed by atoms with Crippen molar-refractivity contribution in [1.82, 2.24) is 15.1 Å². The van der Waals surface area contributed by atoms with Crippen LogP contribution in [0.15, 0.2) is 6.20 Å². The third-order valence-electron chi connectivity index (χ3n) is 4.06. The smallest absolute Gasteiger partial charge is 0.306 e. The Morgan fingerprint density at radius 3 is 2.89 bits per heavy atom. The molecule has 2 rings (SSSR count). The average molecular weight is 265 g/mol. The van der Waals surface area contributed by atoms with Crippen LogP contribution in [0.2, 0.25) is 0 Å². The van der Waals surface area contributed by atoms with E-state index in [2.05, 4.69) is 10.4 Å². The highest BCUT2D eigenvalue weighted by molar-refractivity contribution is 5.70. The van der Waals surface area contributed by atoms with Gasteiger partial charge in [0.1, 0.15) is 0 Å². The molecule has 0 saturated heterocycles. The zero-order valence-corrected chi connectivity index (χ0v) is 11.7. The van der Waals surface area contributed by atoms with Crippen molar-refractivity contribution in [3.63, 3.8) is 0 Å². The molecule has 2 unspecified atom stereocenters. The summed E-state index contributed by atoms with van der Waals surface area (Å²) in [4.78, 5) is 11.2. The molecule has 0 bridgehead atoms. The average Bonchev–Trinajstić information content (AvgIpc) is 2.68. The van der Waals surface area contributed by atoms with Crippen molar-refractivity contribution in [2.24, 2.45) is 18.9 Å². The topological polar surface area (TPSA) is 67.2 Å². The Hall–Kier alpha value is -1.36. The van der Waals surface area contributed by atoms with Gasteiger partial charge in [-0.25, -0.2) is 0 Å². The minimum Gasteiger partial charge on any atom is -0.481 e. The molecule has 0 amide bonds. The van der Waals surface area contributed by atoms with Crippen LogP contribution in [-0.4, -0.2) is 27.4 Å². The van der Waals surface area contributed by atoms with Gasteiger partial charge in [-0.1, -0.05) is 12.8 Å². The number of rotatable bonds is 5. The lowest BCUT2D eigenvalue weighted by atomic mass is 9.79. The zero-order valence-electron chi connectivity index (χ0n) is 11.7. The quantitative estimate of drug-likeness (QED) is 0.850. The molecule has 0 aromatic carbocycles. The van der Waals surface area contributed by atoms with Crippen LogP contribution < -0.4 is 5.32 Å². The van der Waals surface area contributed by atoms with Crippen LogP contribution >= 0.6 is 0 Å². The Balaban J connectivity index is 1.84. The fourth-order valence-electron chi connectivity index (χ4n) is 2.99. The van der Waals surface area contributed by atoms with Crippen LogP contribution in [0.3, 0.4) is 0 Å². The third kappa shape index (κ3) is 3.56. The molecule has 1 aliphatic rings. The van der Waals surface area contributed by atoms with Crippen molar-refractivity contribution in [1.29, 1.82) is 0 Å². The van der Waals surface area contributed by atoms with Crippen molar-refractivity contribution in [3.8, 4) is 0 Å². The van der Waals surface area contributed by atoms with E-state index < -0.39 is 5.97 Å². The monoisotopic (exact) mass is 265 g/mol. The van der Waals surface area contributed by atoms with Crippen LogP contribution in [0.25, 0.3) is 0 Å². The maximum atomic E-state index is 11.2. The molecular weight excluding hydrogens is 242 g/mol. The van der Waals surface area contributed by atoms with Crippen molar-refractivity contribution in [2.75, 3.05) is 6.54 Å². The standard InChI is InChI=1S/C14H23N3O2/c1-10-12(9-17(2)16-10)8-15-7-11-5-3-4-6-13(11)14(18)19/h9,11,13,15H,3-8H2,1-2H3,(H,18,19). The van der Waals surface area contributed by atoms with Gasteiger partial charge in [-0.3, -0.25) is 9.48 Å². The summed E-state index contributed by atoms with van der Waals surface area (Å²) in [5, 5.41) is 16.9. The number of carbonyl (C=O) groups is 1. The molecule has 0 aliphatic heterocycles. The number of hydrogen-bond donors (Lipinski definition) is 2. The van der Waals surface area contributed by atoms with Crippen molar-refractivity contribution in [3.05, 3.63) is 17.5 Å². The van der Waals surface area contributed by atoms with Gasteiger partial charge < -0.3 is 10.4 Å². The number of nitrogens with one attached hydrogen (secondary N) is 1. The first kappa shape index (κ1) is 14.1. The predicted molar refractivity (Wildman–Crippen MR) is 72.7 cm³/mol. The number of hydrogen-bond acceptors (Lipinski definition) is 3. The number of nitrogens with zero attached hydrogens (tertiary/aromatic N) is 2. The second-order valence-electron chi connectivity index (χ2n) is 5.53. The Kier molecular flexibility index (Phi) is 4.58. The van der Waals surface area contributed by atoms with Crippen LogP contribution in [0.1, 0.15) is 36.9 Å². The largest absolute Gasteiger partial charge is 0.481 e. The van der Waals surface area contributed by atoms with E-state index in [0.717, 1.165) is 44.5 Å². The molecule has 5 heteroatoms. The lowest BCUT2D eigenvalue weighted by molar-refractivity contribution is -0.144. The highest BCUT2D eigenvalue weighted by Crippen LogP contribution is 2.29. The summed E-state index contributed by atoms with van der Waals surface area (Å²) in [7, 11) is 1.91. The molecule has 1 heterocycles. The Labute approximate surface area is 114 Å². The van der Waals surface area contributed by atoms with Crippen molar-refractivity contribution < 1.29 is 9.90 Å². The summed E-state index contributed by atoms with van der Waals surface area (Å²) in [5.74, 6) is -0.538. The maximum Gasteiger partial charge on any atom is 0.306 e. The molecule has 0 spiro atoms. The van der Waals surface area contributed by atoms with E-state index >= 15 is 0 Å². The molecule has 2 N–H and O–H groups in total. The van der Waals surface area contributed by atoms with Crippen LogP contribution in [0.5, 0.6) is 0 Å². The first-order chi connectivity index (χ1) is 9.08. The van der Waals surface area contributed by atoms with Crippen LogP contribution in [-0.2, 0) is 18.4 Å². The maximum absolute atomic E-state index is 11.2. The van der Waals surface area contributed by atoms with Gasteiger partial charge in [0.2, 0.25) is 0 Å². The Morgan fingerprint density at radius 2 is 2.26 bits per heavy atom. The van der Waals surface area contributed by atoms with Crippen LogP contribution in [0.4, 0.5) is 0 Å². The summed E-state index contributed by atoms with van der Waals surface area (Å²) in [6, 6.07) is 0. The van der Waals surface area contributed by atoms with Gasteiger partial charge >= 0.3 is 5.97 Å². The number of aliphatic carboxylic acids is 1. The number of aryl methyl sites for hydroxylation is 2. The van der Waals surface area contributed by atoms with E-state index in [4.69, 9.17) is 0 Å². The molecule has 2 atom stereocenters. The normalized spacial score (nSPS) is 23.5. The Morgan fingerprint density at radius 1 is 1.53 bits per heavy atom. The fourth-order valence-corrected chi connectivity index (χ4v) is 2.99. The number of carboxylic acids is 1. The molecule has 5 nitrogen and oxygen atoms in total. The molecule has 1 aromatic rings. The predicted octanol–water partition coefficient (Wildman–Crippen LogP) is 1.71. The Bertz CT molecular complexity index is 442. The molecule has 1 aromatic heterocycles. The van der Waals surface area contributed by atoms with Gasteiger partial charge in [-0.05, 0) is 32.2 Å².